The van der Waals surface area contributed by atoms with Gasteiger partial charge in [0.1, 0.15) is 0 Å². The van der Waals surface area contributed by atoms with Crippen molar-refractivity contribution in [3.8, 4) is 0 Å². The largest absolute Gasteiger partial charge is 0.461 e. The van der Waals surface area contributed by atoms with Crippen LogP contribution in [-0.4, -0.2) is 30.6 Å². The van der Waals surface area contributed by atoms with E-state index in [-0.39, 0.29) is 6.42 Å². The fourth-order valence-corrected chi connectivity index (χ4v) is 1.97. The Bertz CT molecular complexity index is 367. The van der Waals surface area contributed by atoms with Crippen molar-refractivity contribution in [2.24, 2.45) is 0 Å². The van der Waals surface area contributed by atoms with E-state index in [1.807, 2.05) is 0 Å². The van der Waals surface area contributed by atoms with Gasteiger partial charge < -0.3 is 4.74 Å². The zero-order valence-corrected chi connectivity index (χ0v) is 13.5. The van der Waals surface area contributed by atoms with Gasteiger partial charge in [0.15, 0.2) is 0 Å². The standard InChI is InChI=1S/C15H23F7O2/c1-2-3-4-5-6-7-8-9-10-11-24-12(23)13(16,17)14(18,19)15(20,21)22/h2-11H2,1H3. The molecular formula is C15H23F7O2. The van der Waals surface area contributed by atoms with Crippen LogP contribution in [-0.2, 0) is 9.53 Å². The summed E-state index contributed by atoms with van der Waals surface area (Å²) in [7, 11) is 0. The topological polar surface area (TPSA) is 26.3 Å². The van der Waals surface area contributed by atoms with E-state index in [0.29, 0.717) is 6.42 Å². The molecule has 0 atom stereocenters. The van der Waals surface area contributed by atoms with Crippen LogP contribution in [0.1, 0.15) is 64.7 Å². The summed E-state index contributed by atoms with van der Waals surface area (Å²) in [6.45, 7) is 1.48. The van der Waals surface area contributed by atoms with Gasteiger partial charge in [-0.25, -0.2) is 4.79 Å². The molecule has 0 fully saturated rings. The molecule has 2 nitrogen and oxygen atoms in total. The van der Waals surface area contributed by atoms with Crippen LogP contribution in [0.4, 0.5) is 30.7 Å². The second kappa shape index (κ2) is 10.1. The SMILES string of the molecule is CCCCCCCCCCCOC(=O)C(F)(F)C(F)(F)C(F)(F)F. The lowest BCUT2D eigenvalue weighted by atomic mass is 10.1. The maximum Gasteiger partial charge on any atom is 0.460 e. The molecule has 9 heteroatoms. The summed E-state index contributed by atoms with van der Waals surface area (Å²) in [6.07, 6.45) is 1.28. The number of alkyl halides is 7. The summed E-state index contributed by atoms with van der Waals surface area (Å²) < 4.78 is 90.6. The highest BCUT2D eigenvalue weighted by atomic mass is 19.4. The Kier molecular flexibility index (Phi) is 9.65. The van der Waals surface area contributed by atoms with Crippen molar-refractivity contribution in [3.05, 3.63) is 0 Å². The van der Waals surface area contributed by atoms with E-state index < -0.39 is 30.6 Å². The zero-order chi connectivity index (χ0) is 18.9. The lowest BCUT2D eigenvalue weighted by Gasteiger charge is -2.26. The first kappa shape index (κ1) is 23.0. The third-order valence-electron chi connectivity index (χ3n) is 3.49. The van der Waals surface area contributed by atoms with Gasteiger partial charge in [0, 0.05) is 0 Å². The van der Waals surface area contributed by atoms with Crippen LogP contribution >= 0.6 is 0 Å². The number of carbonyl (C=O) groups is 1. The summed E-state index contributed by atoms with van der Waals surface area (Å²) in [5.74, 6) is -15.3. The van der Waals surface area contributed by atoms with Crippen LogP contribution in [0.15, 0.2) is 0 Å². The number of unbranched alkanes of at least 4 members (excludes halogenated alkanes) is 8. The van der Waals surface area contributed by atoms with Gasteiger partial charge in [-0.15, -0.1) is 0 Å². The molecule has 0 radical (unpaired) electrons. The number of halogens is 7. The molecule has 0 saturated carbocycles. The van der Waals surface area contributed by atoms with E-state index >= 15 is 0 Å². The highest BCUT2D eigenvalue weighted by Gasteiger charge is 2.77. The Morgan fingerprint density at radius 3 is 1.58 bits per heavy atom. The van der Waals surface area contributed by atoms with Crippen LogP contribution in [0.25, 0.3) is 0 Å². The van der Waals surface area contributed by atoms with Gasteiger partial charge >= 0.3 is 24.0 Å². The lowest BCUT2D eigenvalue weighted by molar-refractivity contribution is -0.348. The predicted octanol–water partition coefficient (Wildman–Crippen LogP) is 5.89. The molecule has 0 aromatic rings. The molecule has 0 amide bonds. The molecule has 0 heterocycles. The van der Waals surface area contributed by atoms with Crippen molar-refractivity contribution >= 4 is 5.97 Å². The van der Waals surface area contributed by atoms with Gasteiger partial charge in [-0.1, -0.05) is 58.3 Å². The molecule has 0 aromatic heterocycles. The Hall–Kier alpha value is -1.02. The lowest BCUT2D eigenvalue weighted by Crippen LogP contribution is -2.56. The fourth-order valence-electron chi connectivity index (χ4n) is 1.97. The normalized spacial score (nSPS) is 13.2. The first-order valence-corrected chi connectivity index (χ1v) is 7.98. The van der Waals surface area contributed by atoms with E-state index in [2.05, 4.69) is 11.7 Å². The van der Waals surface area contributed by atoms with E-state index in [4.69, 9.17) is 0 Å². The minimum Gasteiger partial charge on any atom is -0.461 e. The first-order chi connectivity index (χ1) is 11.0. The first-order valence-electron chi connectivity index (χ1n) is 7.98. The van der Waals surface area contributed by atoms with Crippen molar-refractivity contribution in [1.29, 1.82) is 0 Å². The maximum atomic E-state index is 12.9. The average Bonchev–Trinajstić information content (AvgIpc) is 2.47. The minimum atomic E-state index is -6.53. The molecule has 24 heavy (non-hydrogen) atoms. The fraction of sp³-hybridized carbons (Fsp3) is 0.933. The monoisotopic (exact) mass is 368 g/mol. The predicted molar refractivity (Wildman–Crippen MR) is 74.1 cm³/mol. The summed E-state index contributed by atoms with van der Waals surface area (Å²) >= 11 is 0. The van der Waals surface area contributed by atoms with Gasteiger partial charge in [-0.2, -0.15) is 30.7 Å². The van der Waals surface area contributed by atoms with Crippen molar-refractivity contribution in [3.63, 3.8) is 0 Å². The molecule has 0 unspecified atom stereocenters. The highest BCUT2D eigenvalue weighted by Crippen LogP contribution is 2.46. The number of carbonyl (C=O) groups excluding carboxylic acids is 1. The molecule has 0 spiro atoms. The summed E-state index contributed by atoms with van der Waals surface area (Å²) in [6, 6.07) is 0. The molecule has 0 bridgehead atoms. The molecular weight excluding hydrogens is 345 g/mol. The van der Waals surface area contributed by atoms with Gasteiger partial charge in [0.05, 0.1) is 6.61 Å². The van der Waals surface area contributed by atoms with E-state index in [1.165, 1.54) is 0 Å². The highest BCUT2D eigenvalue weighted by molar-refractivity contribution is 5.79. The van der Waals surface area contributed by atoms with Crippen LogP contribution in [0, 0.1) is 0 Å². The number of esters is 1. The summed E-state index contributed by atoms with van der Waals surface area (Å²) in [5.41, 5.74) is 0. The molecule has 0 aliphatic heterocycles. The Labute approximate surface area is 136 Å². The molecule has 0 aliphatic carbocycles. The van der Waals surface area contributed by atoms with Crippen molar-refractivity contribution in [2.45, 2.75) is 82.7 Å². The van der Waals surface area contributed by atoms with Crippen molar-refractivity contribution in [1.82, 2.24) is 0 Å². The van der Waals surface area contributed by atoms with Crippen LogP contribution in [0.5, 0.6) is 0 Å². The Morgan fingerprint density at radius 2 is 1.17 bits per heavy atom. The molecule has 0 saturated heterocycles. The molecule has 0 N–H and O–H groups in total. The van der Waals surface area contributed by atoms with Crippen LogP contribution in [0.2, 0.25) is 0 Å². The molecule has 0 rings (SSSR count). The van der Waals surface area contributed by atoms with E-state index in [0.717, 1.165) is 44.9 Å². The average molecular weight is 368 g/mol. The van der Waals surface area contributed by atoms with Gasteiger partial charge in [-0.05, 0) is 6.42 Å². The molecule has 144 valence electrons. The van der Waals surface area contributed by atoms with Gasteiger partial charge in [0.2, 0.25) is 0 Å². The second-order valence-corrected chi connectivity index (χ2v) is 5.61. The number of hydrogen-bond acceptors (Lipinski definition) is 2. The van der Waals surface area contributed by atoms with Crippen molar-refractivity contribution < 1.29 is 40.3 Å². The number of hydrogen-bond donors (Lipinski definition) is 0. The second-order valence-electron chi connectivity index (χ2n) is 5.61. The smallest absolute Gasteiger partial charge is 0.460 e. The van der Waals surface area contributed by atoms with Crippen LogP contribution in [0.3, 0.4) is 0 Å². The summed E-state index contributed by atoms with van der Waals surface area (Å²) in [4.78, 5) is 10.8. The van der Waals surface area contributed by atoms with E-state index in [9.17, 15) is 35.5 Å². The number of ether oxygens (including phenoxy) is 1. The van der Waals surface area contributed by atoms with Crippen molar-refractivity contribution in [2.75, 3.05) is 6.61 Å². The van der Waals surface area contributed by atoms with E-state index in [1.54, 1.807) is 0 Å². The minimum absolute atomic E-state index is 0.133. The number of rotatable bonds is 12. The summed E-state index contributed by atoms with van der Waals surface area (Å²) in [5, 5.41) is 0. The zero-order valence-electron chi connectivity index (χ0n) is 13.5. The quantitative estimate of drug-likeness (QED) is 0.244. The molecule has 0 aromatic carbocycles. The van der Waals surface area contributed by atoms with Gasteiger partial charge in [0.25, 0.3) is 0 Å². The third-order valence-corrected chi connectivity index (χ3v) is 3.49. The van der Waals surface area contributed by atoms with Gasteiger partial charge in [-0.3, -0.25) is 0 Å². The maximum absolute atomic E-state index is 12.9. The molecule has 0 aliphatic rings. The third kappa shape index (κ3) is 6.84. The Balaban J connectivity index is 3.98. The Morgan fingerprint density at radius 1 is 0.750 bits per heavy atom. The van der Waals surface area contributed by atoms with Crippen LogP contribution < -0.4 is 0 Å².